The van der Waals surface area contributed by atoms with Gasteiger partial charge < -0.3 is 15.2 Å². The van der Waals surface area contributed by atoms with Crippen molar-refractivity contribution in [2.45, 2.75) is 57.3 Å². The Morgan fingerprint density at radius 1 is 1.18 bits per heavy atom. The average molecular weight is 481 g/mol. The van der Waals surface area contributed by atoms with Gasteiger partial charge >= 0.3 is 6.18 Å². The quantitative estimate of drug-likeness (QED) is 0.473. The highest BCUT2D eigenvalue weighted by molar-refractivity contribution is 5.91. The molecule has 182 valence electrons. The number of halogens is 5. The number of anilines is 1. The molecule has 1 aliphatic rings. The van der Waals surface area contributed by atoms with E-state index in [1.807, 2.05) is 0 Å². The van der Waals surface area contributed by atoms with Crippen LogP contribution in [0, 0.1) is 25.5 Å². The van der Waals surface area contributed by atoms with Crippen LogP contribution in [0.3, 0.4) is 0 Å². The smallest absolute Gasteiger partial charge is 0.419 e. The van der Waals surface area contributed by atoms with Gasteiger partial charge in [-0.25, -0.2) is 18.7 Å². The fourth-order valence-electron chi connectivity index (χ4n) is 4.98. The van der Waals surface area contributed by atoms with E-state index in [0.29, 0.717) is 16.9 Å². The van der Waals surface area contributed by atoms with Gasteiger partial charge in [-0.15, -0.1) is 0 Å². The Labute approximate surface area is 193 Å². The van der Waals surface area contributed by atoms with Crippen LogP contribution in [0.15, 0.2) is 24.4 Å². The predicted molar refractivity (Wildman–Crippen MR) is 117 cm³/mol. The molecular formula is C24H24F5N3O2. The van der Waals surface area contributed by atoms with Crippen LogP contribution in [-0.4, -0.2) is 34.0 Å². The summed E-state index contributed by atoms with van der Waals surface area (Å²) >= 11 is 0. The third kappa shape index (κ3) is 3.55. The van der Waals surface area contributed by atoms with E-state index in [1.54, 1.807) is 26.8 Å². The molecule has 10 heteroatoms. The van der Waals surface area contributed by atoms with Crippen LogP contribution in [0.25, 0.3) is 10.9 Å². The topological polar surface area (TPSA) is 67.3 Å². The predicted octanol–water partition coefficient (Wildman–Crippen LogP) is 5.66. The molecule has 1 aliphatic carbocycles. The van der Waals surface area contributed by atoms with Crippen molar-refractivity contribution in [3.63, 3.8) is 0 Å². The van der Waals surface area contributed by atoms with Gasteiger partial charge in [0.1, 0.15) is 17.1 Å². The van der Waals surface area contributed by atoms with E-state index in [-0.39, 0.29) is 28.0 Å². The molecule has 3 aromatic rings. The fourth-order valence-corrected chi connectivity index (χ4v) is 4.98. The van der Waals surface area contributed by atoms with Crippen molar-refractivity contribution in [1.29, 1.82) is 0 Å². The number of methoxy groups -OCH3 is 1. The van der Waals surface area contributed by atoms with Gasteiger partial charge in [-0.05, 0) is 36.8 Å². The van der Waals surface area contributed by atoms with Crippen LogP contribution in [-0.2, 0) is 5.41 Å². The third-order valence-corrected chi connectivity index (χ3v) is 6.45. The summed E-state index contributed by atoms with van der Waals surface area (Å²) in [6.45, 7) is 6.45. The Bertz CT molecular complexity index is 1290. The van der Waals surface area contributed by atoms with E-state index in [2.05, 4.69) is 15.3 Å². The SMILES string of the molecule is COc1c(C)ccc2c1C(C)(C)CC(O)(C(F)(F)F)C2Nc1cc(F)c(F)c2nc(C)ncc12. The van der Waals surface area contributed by atoms with Gasteiger partial charge in [0, 0.05) is 28.9 Å². The molecule has 2 unspecified atom stereocenters. The number of alkyl halides is 3. The Balaban J connectivity index is 2.01. The molecule has 0 spiro atoms. The Kier molecular flexibility index (Phi) is 5.51. The van der Waals surface area contributed by atoms with Crippen molar-refractivity contribution < 1.29 is 31.8 Å². The van der Waals surface area contributed by atoms with Gasteiger partial charge in [-0.2, -0.15) is 13.2 Å². The first-order chi connectivity index (χ1) is 15.7. The second-order valence-corrected chi connectivity index (χ2v) is 9.34. The molecule has 2 N–H and O–H groups in total. The van der Waals surface area contributed by atoms with Crippen molar-refractivity contribution in [2.75, 3.05) is 12.4 Å². The minimum atomic E-state index is -5.04. The van der Waals surface area contributed by atoms with Crippen LogP contribution in [0.2, 0.25) is 0 Å². The number of aliphatic hydroxyl groups is 1. The monoisotopic (exact) mass is 481 g/mol. The summed E-state index contributed by atoms with van der Waals surface area (Å²) in [5.41, 5.74) is -3.54. The van der Waals surface area contributed by atoms with Crippen LogP contribution < -0.4 is 10.1 Å². The average Bonchev–Trinajstić information content (AvgIpc) is 2.73. The summed E-state index contributed by atoms with van der Waals surface area (Å²) in [5, 5.41) is 13.8. The zero-order chi connectivity index (χ0) is 25.2. The first kappa shape index (κ1) is 24.1. The van der Waals surface area contributed by atoms with Gasteiger partial charge in [0.15, 0.2) is 17.2 Å². The third-order valence-electron chi connectivity index (χ3n) is 6.45. The summed E-state index contributed by atoms with van der Waals surface area (Å²) in [7, 11) is 1.42. The molecule has 34 heavy (non-hydrogen) atoms. The number of benzene rings is 2. The Morgan fingerprint density at radius 2 is 1.85 bits per heavy atom. The highest BCUT2D eigenvalue weighted by Gasteiger charge is 2.64. The van der Waals surface area contributed by atoms with Crippen LogP contribution in [0.4, 0.5) is 27.6 Å². The lowest BCUT2D eigenvalue weighted by Crippen LogP contribution is -2.58. The second kappa shape index (κ2) is 7.76. The van der Waals surface area contributed by atoms with Gasteiger partial charge in [0.2, 0.25) is 0 Å². The van der Waals surface area contributed by atoms with E-state index in [9.17, 15) is 27.1 Å². The van der Waals surface area contributed by atoms with Crippen LogP contribution >= 0.6 is 0 Å². The maximum Gasteiger partial charge on any atom is 0.419 e. The number of aromatic nitrogens is 2. The van der Waals surface area contributed by atoms with Crippen LogP contribution in [0.1, 0.15) is 48.8 Å². The number of nitrogens with zero attached hydrogens (tertiary/aromatic N) is 2. The summed E-state index contributed by atoms with van der Waals surface area (Å²) < 4.78 is 77.6. The van der Waals surface area contributed by atoms with Crippen molar-refractivity contribution >= 4 is 16.6 Å². The summed E-state index contributed by atoms with van der Waals surface area (Å²) in [6.07, 6.45) is -4.52. The van der Waals surface area contributed by atoms with E-state index in [0.717, 1.165) is 6.07 Å². The molecule has 0 fully saturated rings. The molecule has 0 saturated heterocycles. The van der Waals surface area contributed by atoms with Gasteiger partial charge in [0.05, 0.1) is 13.2 Å². The minimum Gasteiger partial charge on any atom is -0.496 e. The zero-order valence-electron chi connectivity index (χ0n) is 19.2. The first-order valence-corrected chi connectivity index (χ1v) is 10.6. The Hall–Kier alpha value is -3.01. The second-order valence-electron chi connectivity index (χ2n) is 9.34. The number of ether oxygens (including phenoxy) is 1. The molecule has 0 aliphatic heterocycles. The van der Waals surface area contributed by atoms with Crippen molar-refractivity contribution in [1.82, 2.24) is 9.97 Å². The van der Waals surface area contributed by atoms with Crippen molar-refractivity contribution in [3.05, 3.63) is 58.5 Å². The molecule has 0 amide bonds. The number of hydrogen-bond acceptors (Lipinski definition) is 5. The molecule has 4 rings (SSSR count). The molecule has 0 bridgehead atoms. The maximum atomic E-state index is 14.4. The van der Waals surface area contributed by atoms with E-state index in [1.165, 1.54) is 26.3 Å². The molecule has 1 aromatic heterocycles. The standard InChI is InChI=1S/C24H24F5N3O2/c1-11-6-7-13-17(20(11)34-5)22(3,4)10-23(33,24(27,28)29)21(13)32-16-8-15(25)18(26)19-14(16)9-30-12(2)31-19/h6-9,21,32-33H,10H2,1-5H3. The molecule has 2 atom stereocenters. The van der Waals surface area contributed by atoms with E-state index < -0.39 is 41.3 Å². The molecule has 5 nitrogen and oxygen atoms in total. The number of hydrogen-bond donors (Lipinski definition) is 2. The molecule has 0 saturated carbocycles. The van der Waals surface area contributed by atoms with Crippen molar-refractivity contribution in [3.8, 4) is 5.75 Å². The normalized spacial score (nSPS) is 21.9. The fraction of sp³-hybridized carbons (Fsp3) is 0.417. The lowest BCUT2D eigenvalue weighted by atomic mass is 9.63. The number of rotatable bonds is 3. The highest BCUT2D eigenvalue weighted by Crippen LogP contribution is 2.57. The maximum absolute atomic E-state index is 14.4. The molecule has 2 aromatic carbocycles. The number of fused-ring (bicyclic) bond motifs is 2. The van der Waals surface area contributed by atoms with Gasteiger partial charge in [0.25, 0.3) is 0 Å². The van der Waals surface area contributed by atoms with Gasteiger partial charge in [-0.3, -0.25) is 0 Å². The van der Waals surface area contributed by atoms with E-state index >= 15 is 0 Å². The largest absolute Gasteiger partial charge is 0.496 e. The zero-order valence-corrected chi connectivity index (χ0v) is 19.2. The summed E-state index contributed by atoms with van der Waals surface area (Å²) in [6, 6.07) is 2.09. The number of nitrogens with one attached hydrogen (secondary N) is 1. The molecule has 1 heterocycles. The first-order valence-electron chi connectivity index (χ1n) is 10.6. The van der Waals surface area contributed by atoms with Gasteiger partial charge in [-0.1, -0.05) is 26.0 Å². The summed E-state index contributed by atoms with van der Waals surface area (Å²) in [4.78, 5) is 7.89. The minimum absolute atomic E-state index is 0.0144. The Morgan fingerprint density at radius 3 is 2.47 bits per heavy atom. The van der Waals surface area contributed by atoms with E-state index in [4.69, 9.17) is 4.74 Å². The highest BCUT2D eigenvalue weighted by atomic mass is 19.4. The summed E-state index contributed by atoms with van der Waals surface area (Å²) in [5.74, 6) is -1.95. The lowest BCUT2D eigenvalue weighted by Gasteiger charge is -2.49. The van der Waals surface area contributed by atoms with Crippen LogP contribution in [0.5, 0.6) is 5.75 Å². The van der Waals surface area contributed by atoms with Crippen molar-refractivity contribution in [2.24, 2.45) is 0 Å². The number of aryl methyl sites for hydroxylation is 2. The molecule has 0 radical (unpaired) electrons. The molecular weight excluding hydrogens is 457 g/mol. The lowest BCUT2D eigenvalue weighted by molar-refractivity contribution is -0.275.